The first-order chi connectivity index (χ1) is 13.0. The number of nitrogens with zero attached hydrogens (tertiary/aromatic N) is 3. The highest BCUT2D eigenvalue weighted by Crippen LogP contribution is 2.28. The van der Waals surface area contributed by atoms with Gasteiger partial charge in [0.1, 0.15) is 11.3 Å². The maximum Gasteiger partial charge on any atom is 0.279 e. The van der Waals surface area contributed by atoms with E-state index in [1.165, 1.54) is 35.6 Å². The zero-order valence-electron chi connectivity index (χ0n) is 15.0. The van der Waals surface area contributed by atoms with Gasteiger partial charge in [-0.15, -0.1) is 0 Å². The number of nitro groups is 1. The van der Waals surface area contributed by atoms with E-state index in [1.807, 2.05) is 36.6 Å². The number of ether oxygens (including phenoxy) is 1. The fraction of sp³-hybridized carbons (Fsp3) is 0.263. The van der Waals surface area contributed by atoms with Crippen molar-refractivity contribution >= 4 is 33.1 Å². The van der Waals surface area contributed by atoms with Crippen LogP contribution in [-0.2, 0) is 6.54 Å². The molecule has 1 heterocycles. The van der Waals surface area contributed by atoms with Crippen molar-refractivity contribution in [3.05, 3.63) is 62.9 Å². The quantitative estimate of drug-likeness (QED) is 0.471. The summed E-state index contributed by atoms with van der Waals surface area (Å²) in [6, 6.07) is 11.4. The molecule has 0 radical (unpaired) electrons. The molecule has 0 fully saturated rings. The van der Waals surface area contributed by atoms with Gasteiger partial charge in [0, 0.05) is 24.2 Å². The number of carbonyl (C=O) groups is 1. The summed E-state index contributed by atoms with van der Waals surface area (Å²) in [5.74, 6) is 0.247. The number of amides is 1. The van der Waals surface area contributed by atoms with E-state index >= 15 is 0 Å². The molecule has 0 unspecified atom stereocenters. The molecule has 8 heteroatoms. The van der Waals surface area contributed by atoms with E-state index in [0.29, 0.717) is 18.0 Å². The first-order valence-corrected chi connectivity index (χ1v) is 9.45. The minimum atomic E-state index is -0.526. The highest BCUT2D eigenvalue weighted by molar-refractivity contribution is 7.16. The molecule has 0 aliphatic heterocycles. The normalized spacial score (nSPS) is 11.7. The number of fused-ring (bicyclic) bond motifs is 1. The average Bonchev–Trinajstić information content (AvgIpc) is 3.00. The largest absolute Gasteiger partial charge is 0.492 e. The molecular formula is C19H19N3O4S. The predicted molar refractivity (Wildman–Crippen MR) is 104 cm³/mol. The van der Waals surface area contributed by atoms with Crippen LogP contribution in [0.15, 0.2) is 47.5 Å². The molecule has 0 saturated carbocycles. The van der Waals surface area contributed by atoms with Crippen molar-refractivity contribution in [2.24, 2.45) is 4.99 Å². The number of hydrogen-bond donors (Lipinski definition) is 0. The third-order valence-electron chi connectivity index (χ3n) is 3.91. The van der Waals surface area contributed by atoms with Gasteiger partial charge in [0.05, 0.1) is 16.2 Å². The molecule has 0 atom stereocenters. The summed E-state index contributed by atoms with van der Waals surface area (Å²) in [6.45, 7) is 5.20. The van der Waals surface area contributed by atoms with Gasteiger partial charge in [-0.3, -0.25) is 14.9 Å². The lowest BCUT2D eigenvalue weighted by molar-refractivity contribution is -0.384. The molecule has 0 aliphatic rings. The van der Waals surface area contributed by atoms with Crippen LogP contribution in [0.25, 0.3) is 10.2 Å². The number of non-ortho nitro benzene ring substituents is 1. The van der Waals surface area contributed by atoms with Crippen LogP contribution in [0.2, 0.25) is 0 Å². The van der Waals surface area contributed by atoms with Crippen molar-refractivity contribution in [3.63, 3.8) is 0 Å². The molecule has 3 rings (SSSR count). The second-order valence-corrected chi connectivity index (χ2v) is 6.81. The van der Waals surface area contributed by atoms with Crippen LogP contribution in [0.5, 0.6) is 5.75 Å². The minimum Gasteiger partial charge on any atom is -0.492 e. The van der Waals surface area contributed by atoms with Gasteiger partial charge in [0.15, 0.2) is 4.80 Å². The molecular weight excluding hydrogens is 366 g/mol. The van der Waals surface area contributed by atoms with E-state index < -0.39 is 10.8 Å². The Morgan fingerprint density at radius 1 is 1.26 bits per heavy atom. The van der Waals surface area contributed by atoms with Crippen LogP contribution in [0, 0.1) is 10.1 Å². The maximum absolute atomic E-state index is 12.6. The fourth-order valence-corrected chi connectivity index (χ4v) is 3.86. The zero-order valence-corrected chi connectivity index (χ0v) is 15.9. The first kappa shape index (κ1) is 18.8. The van der Waals surface area contributed by atoms with Gasteiger partial charge in [0.25, 0.3) is 11.6 Å². The standard InChI is InChI=1S/C19H19N3O4S/c1-3-11-21-17-15(26-4-2)9-6-10-16(17)27-19(21)20-18(23)13-7-5-8-14(12-13)22(24)25/h5-10,12H,3-4,11H2,1-2H3. The SMILES string of the molecule is CCCn1c(=NC(=O)c2cccc([N+](=O)[O-])c2)sc2cccc(OCC)c21. The van der Waals surface area contributed by atoms with Crippen LogP contribution in [0.3, 0.4) is 0 Å². The summed E-state index contributed by atoms with van der Waals surface area (Å²) in [5, 5.41) is 10.9. The smallest absolute Gasteiger partial charge is 0.279 e. The molecule has 1 amide bonds. The summed E-state index contributed by atoms with van der Waals surface area (Å²) in [7, 11) is 0. The third kappa shape index (κ3) is 3.90. The van der Waals surface area contributed by atoms with Gasteiger partial charge in [-0.1, -0.05) is 30.4 Å². The number of benzene rings is 2. The number of aromatic nitrogens is 1. The van der Waals surface area contributed by atoms with Crippen molar-refractivity contribution in [2.75, 3.05) is 6.61 Å². The van der Waals surface area contributed by atoms with Crippen molar-refractivity contribution in [1.82, 2.24) is 4.57 Å². The predicted octanol–water partition coefficient (Wildman–Crippen LogP) is 4.16. The first-order valence-electron chi connectivity index (χ1n) is 8.63. The Morgan fingerprint density at radius 3 is 2.74 bits per heavy atom. The van der Waals surface area contributed by atoms with E-state index in [1.54, 1.807) is 0 Å². The van der Waals surface area contributed by atoms with Crippen molar-refractivity contribution in [3.8, 4) is 5.75 Å². The third-order valence-corrected chi connectivity index (χ3v) is 4.96. The molecule has 0 N–H and O–H groups in total. The van der Waals surface area contributed by atoms with Gasteiger partial charge >= 0.3 is 0 Å². The topological polar surface area (TPSA) is 86.7 Å². The van der Waals surface area contributed by atoms with E-state index in [0.717, 1.165) is 22.4 Å². The number of rotatable bonds is 6. The van der Waals surface area contributed by atoms with Crippen molar-refractivity contribution < 1.29 is 14.5 Å². The zero-order chi connectivity index (χ0) is 19.4. The van der Waals surface area contributed by atoms with Crippen LogP contribution in [0.1, 0.15) is 30.6 Å². The lowest BCUT2D eigenvalue weighted by Gasteiger charge is -2.08. The van der Waals surface area contributed by atoms with Crippen molar-refractivity contribution in [2.45, 2.75) is 26.8 Å². The van der Waals surface area contributed by atoms with E-state index in [4.69, 9.17) is 4.74 Å². The summed E-state index contributed by atoms with van der Waals surface area (Å²) in [5.41, 5.74) is 0.971. The fourth-order valence-electron chi connectivity index (χ4n) is 2.79. The van der Waals surface area contributed by atoms with Crippen LogP contribution < -0.4 is 9.54 Å². The molecule has 0 spiro atoms. The van der Waals surface area contributed by atoms with Gasteiger partial charge in [-0.2, -0.15) is 4.99 Å². The highest BCUT2D eigenvalue weighted by Gasteiger charge is 2.14. The van der Waals surface area contributed by atoms with E-state index in [2.05, 4.69) is 4.99 Å². The second kappa shape index (κ2) is 8.13. The Morgan fingerprint density at radius 2 is 2.04 bits per heavy atom. The number of carbonyl (C=O) groups excluding carboxylic acids is 1. The summed E-state index contributed by atoms with van der Waals surface area (Å²) >= 11 is 1.40. The Labute approximate surface area is 159 Å². The maximum atomic E-state index is 12.6. The number of hydrogen-bond acceptors (Lipinski definition) is 5. The average molecular weight is 385 g/mol. The number of thiazole rings is 1. The molecule has 3 aromatic rings. The van der Waals surface area contributed by atoms with Crippen LogP contribution in [0.4, 0.5) is 5.69 Å². The molecule has 0 saturated heterocycles. The number of nitro benzene ring substituents is 1. The summed E-state index contributed by atoms with van der Waals surface area (Å²) in [6.07, 6.45) is 0.866. The monoisotopic (exact) mass is 385 g/mol. The van der Waals surface area contributed by atoms with Gasteiger partial charge in [-0.05, 0) is 31.5 Å². The minimum absolute atomic E-state index is 0.132. The van der Waals surface area contributed by atoms with E-state index in [-0.39, 0.29) is 11.3 Å². The van der Waals surface area contributed by atoms with Gasteiger partial charge in [-0.25, -0.2) is 0 Å². The Hall–Kier alpha value is -3.00. The van der Waals surface area contributed by atoms with Crippen LogP contribution in [-0.4, -0.2) is 22.0 Å². The lowest BCUT2D eigenvalue weighted by Crippen LogP contribution is -2.17. The molecule has 7 nitrogen and oxygen atoms in total. The highest BCUT2D eigenvalue weighted by atomic mass is 32.1. The Kier molecular flexibility index (Phi) is 5.66. The van der Waals surface area contributed by atoms with Gasteiger partial charge in [0.2, 0.25) is 0 Å². The molecule has 1 aromatic heterocycles. The molecule has 27 heavy (non-hydrogen) atoms. The molecule has 0 aliphatic carbocycles. The lowest BCUT2D eigenvalue weighted by atomic mass is 10.2. The molecule has 2 aromatic carbocycles. The Balaban J connectivity index is 2.14. The molecule has 140 valence electrons. The van der Waals surface area contributed by atoms with E-state index in [9.17, 15) is 14.9 Å². The van der Waals surface area contributed by atoms with Crippen molar-refractivity contribution in [1.29, 1.82) is 0 Å². The summed E-state index contributed by atoms with van der Waals surface area (Å²) in [4.78, 5) is 27.8. The van der Waals surface area contributed by atoms with Gasteiger partial charge < -0.3 is 9.30 Å². The Bertz CT molecular complexity index is 1070. The number of para-hydroxylation sites is 1. The summed E-state index contributed by atoms with van der Waals surface area (Å²) < 4.78 is 8.68. The number of aryl methyl sites for hydroxylation is 1. The van der Waals surface area contributed by atoms with Crippen LogP contribution >= 0.6 is 11.3 Å². The molecule has 0 bridgehead atoms. The second-order valence-electron chi connectivity index (χ2n) is 5.80.